The zero-order valence-electron chi connectivity index (χ0n) is 5.83. The third-order valence-electron chi connectivity index (χ3n) is 0.756. The lowest BCUT2D eigenvalue weighted by Gasteiger charge is -1.82. The summed E-state index contributed by atoms with van der Waals surface area (Å²) < 4.78 is 14.1. The molecule has 0 unspecified atom stereocenters. The lowest BCUT2D eigenvalue weighted by atomic mass is 10.4. The van der Waals surface area contributed by atoms with E-state index in [0.717, 1.165) is 5.30 Å². The van der Waals surface area contributed by atoms with Crippen molar-refractivity contribution in [2.24, 2.45) is 0 Å². The Kier molecular flexibility index (Phi) is 0.846. The molecule has 0 fully saturated rings. The number of hydrogen-bond donors (Lipinski definition) is 0. The Bertz CT molecular complexity index is 174. The molecule has 0 aliphatic carbocycles. The second-order valence-electron chi connectivity index (χ2n) is 1.34. The molecule has 0 aromatic heterocycles. The van der Waals surface area contributed by atoms with Gasteiger partial charge in [-0.15, -0.1) is 9.13 Å². The van der Waals surface area contributed by atoms with Crippen molar-refractivity contribution in [3.8, 4) is 0 Å². The van der Waals surface area contributed by atoms with Gasteiger partial charge in [-0.05, 0) is 5.30 Å². The molecule has 0 aliphatic rings. The second-order valence-corrected chi connectivity index (χ2v) is 1.85. The largest absolute Gasteiger partial charge is 0.106 e. The standard InChI is InChI=1S/C6H7P/c7-6-4-2-1-3-5-6/h1-5H,7H2/i7D2. The highest BCUT2D eigenvalue weighted by Crippen LogP contribution is 1.86. The van der Waals surface area contributed by atoms with Gasteiger partial charge < -0.3 is 0 Å². The molecule has 1 rings (SSSR count). The van der Waals surface area contributed by atoms with Crippen LogP contribution < -0.4 is 5.30 Å². The van der Waals surface area contributed by atoms with Crippen LogP contribution in [0, 0.1) is 0 Å². The highest BCUT2D eigenvalue weighted by molar-refractivity contribution is 7.27. The van der Waals surface area contributed by atoms with Crippen molar-refractivity contribution in [3.05, 3.63) is 30.3 Å². The van der Waals surface area contributed by atoms with Gasteiger partial charge in [0.1, 0.15) is 0 Å². The van der Waals surface area contributed by atoms with E-state index in [2.05, 4.69) is 0 Å². The van der Waals surface area contributed by atoms with E-state index in [0.29, 0.717) is 0 Å². The summed E-state index contributed by atoms with van der Waals surface area (Å²) in [4.78, 5) is 0. The first-order valence-electron chi connectivity index (χ1n) is 3.03. The Hall–Kier alpha value is -0.350. The Morgan fingerprint density at radius 2 is 2.00 bits per heavy atom. The molecule has 7 heavy (non-hydrogen) atoms. The van der Waals surface area contributed by atoms with Crippen molar-refractivity contribution < 1.29 is 0 Å². The Morgan fingerprint density at radius 1 is 1.29 bits per heavy atom. The first kappa shape index (κ1) is 2.84. The van der Waals surface area contributed by atoms with E-state index in [1.54, 1.807) is 0 Å². The molecule has 0 N–H and O–H groups in total. The molecule has 0 atom stereocenters. The number of benzene rings is 1. The van der Waals surface area contributed by atoms with Gasteiger partial charge >= 0.3 is 0 Å². The average molecular weight is 112 g/mol. The van der Waals surface area contributed by atoms with Crippen LogP contribution in [0.3, 0.4) is 0 Å². The van der Waals surface area contributed by atoms with Crippen molar-refractivity contribution in [2.45, 2.75) is 0 Å². The third-order valence-corrected chi connectivity index (χ3v) is 1.05. The minimum Gasteiger partial charge on any atom is -0.106 e. The molecule has 36 valence electrons. The molecule has 1 aromatic rings. The normalized spacial score (nSPS) is 13.3. The summed E-state index contributed by atoms with van der Waals surface area (Å²) in [6.07, 6.45) is 0. The molecule has 0 nitrogen and oxygen atoms in total. The SMILES string of the molecule is [2H]P([2H])c1ccccc1. The smallest absolute Gasteiger partial charge is 0.0594 e. The van der Waals surface area contributed by atoms with Crippen LogP contribution in [-0.2, 0) is 0 Å². The fraction of sp³-hybridized carbons (Fsp3) is 0. The predicted molar refractivity (Wildman–Crippen MR) is 35.8 cm³/mol. The average Bonchev–Trinajstić information content (AvgIpc) is 1.90. The van der Waals surface area contributed by atoms with Crippen molar-refractivity contribution in [3.63, 3.8) is 0 Å². The summed E-state index contributed by atoms with van der Waals surface area (Å²) in [6.45, 7) is 0. The predicted octanol–water partition coefficient (Wildman–Crippen LogP) is 1.19. The fourth-order valence-corrected chi connectivity index (χ4v) is 0.600. The van der Waals surface area contributed by atoms with Gasteiger partial charge in [0.05, 0.1) is 2.56 Å². The third kappa shape index (κ3) is 1.29. The van der Waals surface area contributed by atoms with Crippen molar-refractivity contribution in [1.82, 2.24) is 0 Å². The first-order valence-corrected chi connectivity index (χ1v) is 2.58. The zero-order valence-corrected chi connectivity index (χ0v) is 4.73. The molecule has 0 aliphatic heterocycles. The van der Waals surface area contributed by atoms with E-state index in [1.165, 1.54) is 0 Å². The molecule has 0 heterocycles. The molecular formula is C6H7P. The molecular weight excluding hydrogens is 103 g/mol. The Balaban J connectivity index is 2.85. The van der Waals surface area contributed by atoms with Crippen molar-refractivity contribution in [2.75, 3.05) is 0 Å². The van der Waals surface area contributed by atoms with Gasteiger partial charge in [-0.2, -0.15) is 0 Å². The summed E-state index contributed by atoms with van der Waals surface area (Å²) in [6, 6.07) is 9.22. The summed E-state index contributed by atoms with van der Waals surface area (Å²) in [7, 11) is -1.40. The molecule has 0 spiro atoms. The minimum absolute atomic E-state index is 0.813. The maximum absolute atomic E-state index is 7.05. The molecule has 0 amide bonds. The van der Waals surface area contributed by atoms with Crippen LogP contribution in [-0.4, -0.2) is 2.56 Å². The molecule has 1 heteroatoms. The fourth-order valence-electron chi connectivity index (χ4n) is 0.428. The van der Waals surface area contributed by atoms with Crippen LogP contribution in [0.25, 0.3) is 0 Å². The Morgan fingerprint density at radius 3 is 2.43 bits per heavy atom. The van der Waals surface area contributed by atoms with E-state index in [-0.39, 0.29) is 0 Å². The zero-order chi connectivity index (χ0) is 6.69. The van der Waals surface area contributed by atoms with Crippen LogP contribution in [0.15, 0.2) is 30.3 Å². The van der Waals surface area contributed by atoms with Gasteiger partial charge in [-0.25, -0.2) is 0 Å². The van der Waals surface area contributed by atoms with E-state index in [9.17, 15) is 0 Å². The summed E-state index contributed by atoms with van der Waals surface area (Å²) in [5.41, 5.74) is 0. The first-order chi connectivity index (χ1) is 4.30. The molecule has 0 saturated heterocycles. The van der Waals surface area contributed by atoms with Crippen LogP contribution in [0.4, 0.5) is 0 Å². The summed E-state index contributed by atoms with van der Waals surface area (Å²) in [5.74, 6) is 0. The highest BCUT2D eigenvalue weighted by Gasteiger charge is 1.72. The number of hydrogen-bond acceptors (Lipinski definition) is 0. The monoisotopic (exact) mass is 112 g/mol. The van der Waals surface area contributed by atoms with Crippen LogP contribution in [0.1, 0.15) is 0 Å². The van der Waals surface area contributed by atoms with Crippen molar-refractivity contribution >= 4 is 14.4 Å². The lowest BCUT2D eigenvalue weighted by molar-refractivity contribution is 1.78. The van der Waals surface area contributed by atoms with Crippen LogP contribution >= 0.6 is 9.13 Å². The molecule has 0 saturated carbocycles. The van der Waals surface area contributed by atoms with Gasteiger partial charge in [0.25, 0.3) is 0 Å². The van der Waals surface area contributed by atoms with Gasteiger partial charge in [0.2, 0.25) is 0 Å². The molecule has 0 radical (unpaired) electrons. The van der Waals surface area contributed by atoms with Gasteiger partial charge in [0, 0.05) is 0 Å². The minimum atomic E-state index is -1.40. The van der Waals surface area contributed by atoms with Gasteiger partial charge in [0.15, 0.2) is 0 Å². The number of rotatable bonds is 1. The topological polar surface area (TPSA) is 0 Å². The highest BCUT2D eigenvalue weighted by atomic mass is 31.0. The van der Waals surface area contributed by atoms with Crippen LogP contribution in [0.5, 0.6) is 0 Å². The van der Waals surface area contributed by atoms with E-state index >= 15 is 0 Å². The van der Waals surface area contributed by atoms with Gasteiger partial charge in [-0.1, -0.05) is 30.3 Å². The maximum Gasteiger partial charge on any atom is 0.0594 e. The molecule has 1 aromatic carbocycles. The summed E-state index contributed by atoms with van der Waals surface area (Å²) in [5, 5.41) is 0.813. The van der Waals surface area contributed by atoms with E-state index in [4.69, 9.17) is 2.56 Å². The quantitative estimate of drug-likeness (QED) is 0.478. The Labute approximate surface area is 48.3 Å². The lowest BCUT2D eigenvalue weighted by Crippen LogP contribution is -1.82. The summed E-state index contributed by atoms with van der Waals surface area (Å²) >= 11 is 0. The second kappa shape index (κ2) is 2.09. The molecule has 0 bridgehead atoms. The van der Waals surface area contributed by atoms with Crippen LogP contribution in [0.2, 0.25) is 0 Å². The van der Waals surface area contributed by atoms with E-state index < -0.39 is 9.13 Å². The van der Waals surface area contributed by atoms with E-state index in [1.807, 2.05) is 30.3 Å². The van der Waals surface area contributed by atoms with Gasteiger partial charge in [-0.3, -0.25) is 0 Å². The maximum atomic E-state index is 7.05. The van der Waals surface area contributed by atoms with Crippen molar-refractivity contribution in [1.29, 1.82) is 2.56 Å².